The molecule has 1 aliphatic carbocycles. The van der Waals surface area contributed by atoms with Crippen LogP contribution in [-0.4, -0.2) is 47.0 Å². The Labute approximate surface area is 143 Å². The van der Waals surface area contributed by atoms with Crippen LogP contribution in [0.25, 0.3) is 11.0 Å². The molecule has 1 aromatic heterocycles. The fourth-order valence-corrected chi connectivity index (χ4v) is 3.52. The van der Waals surface area contributed by atoms with Crippen molar-refractivity contribution in [3.63, 3.8) is 0 Å². The molecule has 0 atom stereocenters. The Kier molecular flexibility index (Phi) is 5.19. The lowest BCUT2D eigenvalue weighted by Gasteiger charge is -2.23. The van der Waals surface area contributed by atoms with E-state index in [0.717, 1.165) is 23.3 Å². The number of carbonyl (C=O) groups is 1. The number of nitrogens with zero attached hydrogens (tertiary/aromatic N) is 2. The van der Waals surface area contributed by atoms with Crippen molar-refractivity contribution in [2.45, 2.75) is 52.0 Å². The van der Waals surface area contributed by atoms with E-state index in [9.17, 15) is 4.79 Å². The van der Waals surface area contributed by atoms with Crippen LogP contribution in [0, 0.1) is 13.8 Å². The summed E-state index contributed by atoms with van der Waals surface area (Å²) < 4.78 is 0. The van der Waals surface area contributed by atoms with Gasteiger partial charge in [-0.05, 0) is 57.0 Å². The van der Waals surface area contributed by atoms with Gasteiger partial charge in [-0.15, -0.1) is 0 Å². The van der Waals surface area contributed by atoms with Crippen LogP contribution in [0.2, 0.25) is 0 Å². The van der Waals surface area contributed by atoms with Crippen LogP contribution in [-0.2, 0) is 11.2 Å². The van der Waals surface area contributed by atoms with Crippen LogP contribution in [0.5, 0.6) is 0 Å². The molecular weight excluding hydrogens is 300 g/mol. The van der Waals surface area contributed by atoms with E-state index in [4.69, 9.17) is 0 Å². The van der Waals surface area contributed by atoms with Crippen molar-refractivity contribution in [3.8, 4) is 0 Å². The smallest absolute Gasteiger partial charge is 0.234 e. The number of benzene rings is 1. The van der Waals surface area contributed by atoms with E-state index < -0.39 is 0 Å². The molecule has 1 amide bonds. The highest BCUT2D eigenvalue weighted by Crippen LogP contribution is 2.22. The molecule has 0 spiro atoms. The molecule has 5 heteroatoms. The Balaban J connectivity index is 1.48. The van der Waals surface area contributed by atoms with Crippen LogP contribution in [0.1, 0.15) is 42.6 Å². The number of H-pyrrole nitrogens is 1. The van der Waals surface area contributed by atoms with E-state index in [0.29, 0.717) is 19.1 Å². The molecule has 0 unspecified atom stereocenters. The number of aromatic nitrogens is 2. The highest BCUT2D eigenvalue weighted by Gasteiger charge is 2.20. The average molecular weight is 328 g/mol. The molecule has 2 aromatic rings. The summed E-state index contributed by atoms with van der Waals surface area (Å²) in [4.78, 5) is 22.2. The quantitative estimate of drug-likeness (QED) is 0.857. The Morgan fingerprint density at radius 3 is 2.75 bits per heavy atom. The number of imidazole rings is 1. The summed E-state index contributed by atoms with van der Waals surface area (Å²) in [5.74, 6) is 1.03. The van der Waals surface area contributed by atoms with Crippen LogP contribution in [0.3, 0.4) is 0 Å². The van der Waals surface area contributed by atoms with Gasteiger partial charge in [0.1, 0.15) is 5.82 Å². The SMILES string of the molecule is Cc1cc2nc(CCNC(=O)CN(C)C3CCCC3)[nH]c2cc1C. The van der Waals surface area contributed by atoms with Crippen molar-refractivity contribution in [1.82, 2.24) is 20.2 Å². The van der Waals surface area contributed by atoms with Gasteiger partial charge in [0.15, 0.2) is 0 Å². The maximum absolute atomic E-state index is 12.1. The van der Waals surface area contributed by atoms with Gasteiger partial charge in [0.2, 0.25) is 5.91 Å². The van der Waals surface area contributed by atoms with E-state index in [1.807, 2.05) is 0 Å². The summed E-state index contributed by atoms with van der Waals surface area (Å²) in [7, 11) is 2.06. The van der Waals surface area contributed by atoms with Crippen LogP contribution in [0.15, 0.2) is 12.1 Å². The highest BCUT2D eigenvalue weighted by molar-refractivity contribution is 5.78. The fourth-order valence-electron chi connectivity index (χ4n) is 3.52. The van der Waals surface area contributed by atoms with Gasteiger partial charge in [-0.3, -0.25) is 9.69 Å². The minimum absolute atomic E-state index is 0.104. The van der Waals surface area contributed by atoms with Crippen LogP contribution in [0.4, 0.5) is 0 Å². The number of amides is 1. The predicted octanol–water partition coefficient (Wildman–Crippen LogP) is 2.71. The number of aryl methyl sites for hydroxylation is 2. The first-order valence-corrected chi connectivity index (χ1v) is 8.95. The molecule has 5 nitrogen and oxygen atoms in total. The molecular formula is C19H28N4O. The summed E-state index contributed by atoms with van der Waals surface area (Å²) in [6.07, 6.45) is 5.76. The van der Waals surface area contributed by atoms with Gasteiger partial charge in [-0.25, -0.2) is 4.98 Å². The largest absolute Gasteiger partial charge is 0.355 e. The normalized spacial score (nSPS) is 15.5. The van der Waals surface area contributed by atoms with E-state index in [1.165, 1.54) is 36.8 Å². The van der Waals surface area contributed by atoms with Gasteiger partial charge in [0, 0.05) is 19.0 Å². The van der Waals surface area contributed by atoms with E-state index in [1.54, 1.807) is 0 Å². The highest BCUT2D eigenvalue weighted by atomic mass is 16.2. The predicted molar refractivity (Wildman–Crippen MR) is 97.2 cm³/mol. The Bertz CT molecular complexity index is 676. The number of carbonyl (C=O) groups excluding carboxylic acids is 1. The third-order valence-corrected chi connectivity index (χ3v) is 5.17. The molecule has 130 valence electrons. The molecule has 0 radical (unpaired) electrons. The van der Waals surface area contributed by atoms with Crippen molar-refractivity contribution in [3.05, 3.63) is 29.1 Å². The lowest BCUT2D eigenvalue weighted by atomic mass is 10.1. The first-order chi connectivity index (χ1) is 11.5. The van der Waals surface area contributed by atoms with Crippen LogP contribution >= 0.6 is 0 Å². The van der Waals surface area contributed by atoms with Gasteiger partial charge in [0.25, 0.3) is 0 Å². The molecule has 3 rings (SSSR count). The fraction of sp³-hybridized carbons (Fsp3) is 0.579. The molecule has 0 bridgehead atoms. The molecule has 1 saturated carbocycles. The second-order valence-corrected chi connectivity index (χ2v) is 7.09. The number of aromatic amines is 1. The third kappa shape index (κ3) is 3.96. The molecule has 24 heavy (non-hydrogen) atoms. The monoisotopic (exact) mass is 328 g/mol. The van der Waals surface area contributed by atoms with Gasteiger partial charge in [0.05, 0.1) is 17.6 Å². The molecule has 1 aliphatic rings. The maximum Gasteiger partial charge on any atom is 0.234 e. The molecule has 1 heterocycles. The molecule has 1 fully saturated rings. The summed E-state index contributed by atoms with van der Waals surface area (Å²) in [6, 6.07) is 4.83. The van der Waals surface area contributed by atoms with Crippen LogP contribution < -0.4 is 5.32 Å². The van der Waals surface area contributed by atoms with Crippen molar-refractivity contribution in [1.29, 1.82) is 0 Å². The number of rotatable bonds is 6. The number of hydrogen-bond acceptors (Lipinski definition) is 3. The lowest BCUT2D eigenvalue weighted by Crippen LogP contribution is -2.40. The number of nitrogens with one attached hydrogen (secondary N) is 2. The van der Waals surface area contributed by atoms with Gasteiger partial charge in [-0.1, -0.05) is 12.8 Å². The summed E-state index contributed by atoms with van der Waals surface area (Å²) in [5, 5.41) is 3.01. The third-order valence-electron chi connectivity index (χ3n) is 5.17. The lowest BCUT2D eigenvalue weighted by molar-refractivity contribution is -0.122. The zero-order chi connectivity index (χ0) is 17.1. The zero-order valence-electron chi connectivity index (χ0n) is 15.0. The minimum atomic E-state index is 0.104. The van der Waals surface area contributed by atoms with E-state index >= 15 is 0 Å². The topological polar surface area (TPSA) is 61.0 Å². The van der Waals surface area contributed by atoms with Gasteiger partial charge in [-0.2, -0.15) is 0 Å². The average Bonchev–Trinajstić information content (AvgIpc) is 3.17. The van der Waals surface area contributed by atoms with Crippen molar-refractivity contribution < 1.29 is 4.79 Å². The first-order valence-electron chi connectivity index (χ1n) is 8.95. The van der Waals surface area contributed by atoms with Crippen molar-refractivity contribution >= 4 is 16.9 Å². The standard InChI is InChI=1S/C19H28N4O/c1-13-10-16-17(11-14(13)2)22-18(21-16)8-9-20-19(24)12-23(3)15-6-4-5-7-15/h10-11,15H,4-9,12H2,1-3H3,(H,20,24)(H,21,22). The second-order valence-electron chi connectivity index (χ2n) is 7.09. The number of fused-ring (bicyclic) bond motifs is 1. The summed E-state index contributed by atoms with van der Waals surface area (Å²) in [6.45, 7) is 5.32. The Morgan fingerprint density at radius 1 is 1.29 bits per heavy atom. The van der Waals surface area contributed by atoms with Gasteiger partial charge < -0.3 is 10.3 Å². The number of hydrogen-bond donors (Lipinski definition) is 2. The molecule has 0 saturated heterocycles. The molecule has 0 aliphatic heterocycles. The second kappa shape index (κ2) is 7.34. The van der Waals surface area contributed by atoms with Crippen molar-refractivity contribution in [2.75, 3.05) is 20.1 Å². The molecule has 1 aromatic carbocycles. The Hall–Kier alpha value is -1.88. The van der Waals surface area contributed by atoms with E-state index in [-0.39, 0.29) is 5.91 Å². The zero-order valence-corrected chi connectivity index (χ0v) is 15.0. The first kappa shape index (κ1) is 17.0. The minimum Gasteiger partial charge on any atom is -0.355 e. The Morgan fingerprint density at radius 2 is 2.00 bits per heavy atom. The number of likely N-dealkylation sites (N-methyl/N-ethyl adjacent to an activating group) is 1. The summed E-state index contributed by atoms with van der Waals surface area (Å²) in [5.41, 5.74) is 4.59. The molecule has 2 N–H and O–H groups in total. The summed E-state index contributed by atoms with van der Waals surface area (Å²) >= 11 is 0. The van der Waals surface area contributed by atoms with Gasteiger partial charge >= 0.3 is 0 Å². The van der Waals surface area contributed by atoms with Crippen molar-refractivity contribution in [2.24, 2.45) is 0 Å². The maximum atomic E-state index is 12.1. The van der Waals surface area contributed by atoms with E-state index in [2.05, 4.69) is 53.2 Å².